The van der Waals surface area contributed by atoms with E-state index in [9.17, 15) is 0 Å². The molecule has 0 radical (unpaired) electrons. The van der Waals surface area contributed by atoms with Crippen LogP contribution in [0.1, 0.15) is 12.6 Å². The van der Waals surface area contributed by atoms with Gasteiger partial charge in [-0.15, -0.1) is 0 Å². The van der Waals surface area contributed by atoms with Gasteiger partial charge in [0.25, 0.3) is 0 Å². The third kappa shape index (κ3) is 3.33. The Balaban J connectivity index is 2.64. The molecule has 0 atom stereocenters. The molecule has 0 spiro atoms. The summed E-state index contributed by atoms with van der Waals surface area (Å²) in [5.41, 5.74) is 1.64. The third-order valence-electron chi connectivity index (χ3n) is 2.93. The van der Waals surface area contributed by atoms with Gasteiger partial charge in [-0.1, -0.05) is 18.5 Å². The van der Waals surface area contributed by atoms with E-state index in [4.69, 9.17) is 21.1 Å². The average molecular weight is 437 g/mol. The first-order valence-electron chi connectivity index (χ1n) is 6.15. The zero-order chi connectivity index (χ0) is 15.6. The van der Waals surface area contributed by atoms with Crippen molar-refractivity contribution in [2.45, 2.75) is 13.3 Å². The first-order valence-corrected chi connectivity index (χ1v) is 8.12. The summed E-state index contributed by atoms with van der Waals surface area (Å²) in [5, 5.41) is 0.388. The molecule has 7 heteroatoms. The molecule has 1 aromatic carbocycles. The van der Waals surface area contributed by atoms with E-state index in [1.165, 1.54) is 0 Å². The normalized spacial score (nSPS) is 10.6. The van der Waals surface area contributed by atoms with Crippen LogP contribution in [0.2, 0.25) is 5.15 Å². The van der Waals surface area contributed by atoms with Crippen molar-refractivity contribution < 1.29 is 9.47 Å². The Morgan fingerprint density at radius 2 is 1.71 bits per heavy atom. The second kappa shape index (κ2) is 6.94. The topological polar surface area (TPSA) is 44.2 Å². The van der Waals surface area contributed by atoms with Crippen molar-refractivity contribution in [1.82, 2.24) is 9.97 Å². The van der Waals surface area contributed by atoms with Gasteiger partial charge >= 0.3 is 0 Å². The summed E-state index contributed by atoms with van der Waals surface area (Å²) < 4.78 is 12.1. The molecule has 0 bridgehead atoms. The van der Waals surface area contributed by atoms with Crippen LogP contribution in [0.4, 0.5) is 0 Å². The highest BCUT2D eigenvalue weighted by Gasteiger charge is 2.16. The summed E-state index contributed by atoms with van der Waals surface area (Å²) >= 11 is 13.1. The van der Waals surface area contributed by atoms with Gasteiger partial charge in [-0.2, -0.15) is 0 Å². The lowest BCUT2D eigenvalue weighted by molar-refractivity contribution is 0.355. The maximum Gasteiger partial charge on any atom is 0.162 e. The number of methoxy groups -OCH3 is 2. The molecular weight excluding hydrogens is 423 g/mol. The zero-order valence-corrected chi connectivity index (χ0v) is 15.6. The van der Waals surface area contributed by atoms with E-state index >= 15 is 0 Å². The fraction of sp³-hybridized carbons (Fsp3) is 0.286. The fourth-order valence-corrected chi connectivity index (χ4v) is 2.99. The minimum Gasteiger partial charge on any atom is -0.493 e. The molecular formula is C14H13Br2ClN2O2. The first kappa shape index (κ1) is 16.5. The van der Waals surface area contributed by atoms with Crippen molar-refractivity contribution in [3.05, 3.63) is 31.9 Å². The Hall–Kier alpha value is -0.850. The third-order valence-corrected chi connectivity index (χ3v) is 4.92. The summed E-state index contributed by atoms with van der Waals surface area (Å²) in [6.45, 7) is 2.01. The van der Waals surface area contributed by atoms with Crippen LogP contribution in [0.3, 0.4) is 0 Å². The second-order valence-corrected chi connectivity index (χ2v) is 6.14. The monoisotopic (exact) mass is 434 g/mol. The fourth-order valence-electron chi connectivity index (χ4n) is 1.84. The standard InChI is InChI=1S/C14H13Br2ClN2O2/c1-4-9-12(16)13(17)19-14(18-9)7-5-10(20-2)11(21-3)6-8(7)15/h5-6H,4H2,1-3H3. The van der Waals surface area contributed by atoms with E-state index in [0.717, 1.165) is 26.6 Å². The van der Waals surface area contributed by atoms with Crippen molar-refractivity contribution in [2.24, 2.45) is 0 Å². The molecule has 0 unspecified atom stereocenters. The zero-order valence-electron chi connectivity index (χ0n) is 11.7. The molecule has 0 amide bonds. The number of halogens is 3. The SMILES string of the molecule is CCc1nc(-c2cc(OC)c(OC)cc2Br)nc(Cl)c1Br. The van der Waals surface area contributed by atoms with Gasteiger partial charge in [-0.3, -0.25) is 0 Å². The molecule has 1 heterocycles. The number of aromatic nitrogens is 2. The van der Waals surface area contributed by atoms with Gasteiger partial charge in [0.15, 0.2) is 17.3 Å². The number of rotatable bonds is 4. The number of benzene rings is 1. The van der Waals surface area contributed by atoms with Crippen molar-refractivity contribution in [3.8, 4) is 22.9 Å². The lowest BCUT2D eigenvalue weighted by atomic mass is 10.1. The van der Waals surface area contributed by atoms with Crippen molar-refractivity contribution in [2.75, 3.05) is 14.2 Å². The smallest absolute Gasteiger partial charge is 0.162 e. The number of hydrogen-bond donors (Lipinski definition) is 0. The Morgan fingerprint density at radius 1 is 1.10 bits per heavy atom. The molecule has 0 N–H and O–H groups in total. The van der Waals surface area contributed by atoms with Crippen LogP contribution >= 0.6 is 43.5 Å². The highest BCUT2D eigenvalue weighted by Crippen LogP contribution is 2.38. The maximum atomic E-state index is 6.16. The van der Waals surface area contributed by atoms with E-state index in [2.05, 4.69) is 41.8 Å². The number of hydrogen-bond acceptors (Lipinski definition) is 4. The molecule has 0 fully saturated rings. The summed E-state index contributed by atoms with van der Waals surface area (Å²) in [4.78, 5) is 8.87. The van der Waals surface area contributed by atoms with Crippen LogP contribution in [0, 0.1) is 0 Å². The van der Waals surface area contributed by atoms with Crippen LogP contribution in [-0.4, -0.2) is 24.2 Å². The lowest BCUT2D eigenvalue weighted by Crippen LogP contribution is -1.99. The Morgan fingerprint density at radius 3 is 2.29 bits per heavy atom. The van der Waals surface area contributed by atoms with Gasteiger partial charge in [-0.25, -0.2) is 9.97 Å². The number of aryl methyl sites for hydroxylation is 1. The summed E-state index contributed by atoms with van der Waals surface area (Å²) in [6, 6.07) is 3.64. The summed E-state index contributed by atoms with van der Waals surface area (Å²) in [6.07, 6.45) is 0.751. The van der Waals surface area contributed by atoms with Gasteiger partial charge in [0.05, 0.1) is 24.4 Å². The Labute approximate surface area is 145 Å². The molecule has 2 rings (SSSR count). The molecule has 21 heavy (non-hydrogen) atoms. The van der Waals surface area contributed by atoms with Crippen LogP contribution in [-0.2, 0) is 6.42 Å². The predicted molar refractivity (Wildman–Crippen MR) is 90.4 cm³/mol. The van der Waals surface area contributed by atoms with Gasteiger partial charge in [0.2, 0.25) is 0 Å². The van der Waals surface area contributed by atoms with Crippen LogP contribution in [0.5, 0.6) is 11.5 Å². The molecule has 0 aliphatic rings. The van der Waals surface area contributed by atoms with Crippen molar-refractivity contribution in [3.63, 3.8) is 0 Å². The summed E-state index contributed by atoms with van der Waals surface area (Å²) in [5.74, 6) is 1.77. The van der Waals surface area contributed by atoms with Crippen molar-refractivity contribution in [1.29, 1.82) is 0 Å². The van der Waals surface area contributed by atoms with Gasteiger partial charge in [0.1, 0.15) is 5.15 Å². The van der Waals surface area contributed by atoms with Crippen LogP contribution in [0.25, 0.3) is 11.4 Å². The number of ether oxygens (including phenoxy) is 2. The van der Waals surface area contributed by atoms with Crippen LogP contribution < -0.4 is 9.47 Å². The predicted octanol–water partition coefficient (Wildman–Crippen LogP) is 4.90. The minimum absolute atomic E-state index is 0.388. The highest BCUT2D eigenvalue weighted by atomic mass is 79.9. The molecule has 1 aromatic heterocycles. The Bertz CT molecular complexity index is 681. The molecule has 4 nitrogen and oxygen atoms in total. The molecule has 0 aliphatic carbocycles. The summed E-state index contributed by atoms with van der Waals surface area (Å²) in [7, 11) is 3.18. The van der Waals surface area contributed by atoms with Crippen LogP contribution in [0.15, 0.2) is 21.1 Å². The van der Waals surface area contributed by atoms with E-state index in [0.29, 0.717) is 22.5 Å². The van der Waals surface area contributed by atoms with Gasteiger partial charge in [-0.05, 0) is 50.4 Å². The average Bonchev–Trinajstić information content (AvgIpc) is 2.49. The second-order valence-electron chi connectivity index (χ2n) is 4.14. The van der Waals surface area contributed by atoms with Gasteiger partial charge < -0.3 is 9.47 Å². The highest BCUT2D eigenvalue weighted by molar-refractivity contribution is 9.11. The minimum atomic E-state index is 0.388. The lowest BCUT2D eigenvalue weighted by Gasteiger charge is -2.12. The largest absolute Gasteiger partial charge is 0.493 e. The van der Waals surface area contributed by atoms with Gasteiger partial charge in [0, 0.05) is 10.0 Å². The maximum absolute atomic E-state index is 6.16. The van der Waals surface area contributed by atoms with E-state index in [-0.39, 0.29) is 0 Å². The molecule has 0 aliphatic heterocycles. The van der Waals surface area contributed by atoms with E-state index in [1.54, 1.807) is 14.2 Å². The molecule has 112 valence electrons. The first-order chi connectivity index (χ1) is 10.0. The number of nitrogens with zero attached hydrogens (tertiary/aromatic N) is 2. The van der Waals surface area contributed by atoms with E-state index < -0.39 is 0 Å². The Kier molecular flexibility index (Phi) is 5.46. The molecule has 0 saturated carbocycles. The quantitative estimate of drug-likeness (QED) is 0.640. The van der Waals surface area contributed by atoms with Crippen molar-refractivity contribution >= 4 is 43.5 Å². The van der Waals surface area contributed by atoms with E-state index in [1.807, 2.05) is 19.1 Å². The molecule has 0 saturated heterocycles. The molecule has 2 aromatic rings.